The molecule has 1 aliphatic rings. The quantitative estimate of drug-likeness (QED) is 0.625. The van der Waals surface area contributed by atoms with Gasteiger partial charge in [-0.2, -0.15) is 0 Å². The molecule has 0 saturated heterocycles. The van der Waals surface area contributed by atoms with E-state index in [9.17, 15) is 9.59 Å². The van der Waals surface area contributed by atoms with E-state index < -0.39 is 12.0 Å². The molecule has 0 aliphatic heterocycles. The van der Waals surface area contributed by atoms with Gasteiger partial charge in [0.1, 0.15) is 6.04 Å². The molecule has 0 aromatic carbocycles. The number of carboxylic acids is 1. The molecule has 0 aromatic heterocycles. The van der Waals surface area contributed by atoms with Crippen LogP contribution in [0.3, 0.4) is 0 Å². The predicted molar refractivity (Wildman–Crippen MR) is 47.1 cm³/mol. The third-order valence-corrected chi connectivity index (χ3v) is 1.87. The average Bonchev–Trinajstić information content (AvgIpc) is 2.83. The van der Waals surface area contributed by atoms with E-state index >= 15 is 0 Å². The highest BCUT2D eigenvalue weighted by molar-refractivity contribution is 5.90. The molecular weight excluding hydrogens is 170 g/mol. The van der Waals surface area contributed by atoms with Crippen molar-refractivity contribution in [3.63, 3.8) is 0 Å². The Balaban J connectivity index is 2.27. The van der Waals surface area contributed by atoms with Crippen molar-refractivity contribution >= 4 is 11.9 Å². The minimum atomic E-state index is -1.02. The lowest BCUT2D eigenvalue weighted by Gasteiger charge is -2.05. The van der Waals surface area contributed by atoms with E-state index in [0.717, 1.165) is 12.8 Å². The Hall–Kier alpha value is -1.32. The van der Waals surface area contributed by atoms with Crippen molar-refractivity contribution in [2.45, 2.75) is 25.8 Å². The second-order valence-electron chi connectivity index (χ2n) is 3.27. The summed E-state index contributed by atoms with van der Waals surface area (Å²) in [5.41, 5.74) is 0. The van der Waals surface area contributed by atoms with Gasteiger partial charge in [-0.3, -0.25) is 9.59 Å². The zero-order chi connectivity index (χ0) is 9.84. The molecular formula is C9H13NO3. The van der Waals surface area contributed by atoms with Crippen molar-refractivity contribution in [1.29, 1.82) is 0 Å². The molecule has 4 nitrogen and oxygen atoms in total. The van der Waals surface area contributed by atoms with Crippen molar-refractivity contribution < 1.29 is 14.7 Å². The van der Waals surface area contributed by atoms with Crippen molar-refractivity contribution in [1.82, 2.24) is 5.32 Å². The van der Waals surface area contributed by atoms with Crippen molar-refractivity contribution in [3.8, 4) is 0 Å². The molecule has 0 aromatic rings. The Morgan fingerprint density at radius 1 is 1.54 bits per heavy atom. The Morgan fingerprint density at radius 2 is 2.15 bits per heavy atom. The summed E-state index contributed by atoms with van der Waals surface area (Å²) in [6.45, 7) is 1.44. The summed E-state index contributed by atoms with van der Waals surface area (Å²) in [6.07, 6.45) is 5.51. The summed E-state index contributed by atoms with van der Waals surface area (Å²) in [6, 6.07) is -0.823. The molecule has 72 valence electrons. The summed E-state index contributed by atoms with van der Waals surface area (Å²) in [5, 5.41) is 10.8. The number of hydrogen-bond donors (Lipinski definition) is 2. The summed E-state index contributed by atoms with van der Waals surface area (Å²) < 4.78 is 0. The van der Waals surface area contributed by atoms with E-state index in [1.807, 2.05) is 6.08 Å². The molecule has 1 amide bonds. The molecule has 4 heteroatoms. The molecule has 0 unspecified atom stereocenters. The van der Waals surface area contributed by atoms with Crippen LogP contribution in [0.5, 0.6) is 0 Å². The maximum Gasteiger partial charge on any atom is 0.325 e. The Bertz CT molecular complexity index is 243. The first kappa shape index (κ1) is 9.77. The number of allylic oxidation sites excluding steroid dienone is 1. The number of nitrogens with one attached hydrogen (secondary N) is 1. The van der Waals surface area contributed by atoms with Crippen LogP contribution in [-0.4, -0.2) is 23.0 Å². The van der Waals surface area contributed by atoms with E-state index in [-0.39, 0.29) is 5.91 Å². The van der Waals surface area contributed by atoms with E-state index in [0.29, 0.717) is 5.92 Å². The molecule has 0 spiro atoms. The van der Waals surface area contributed by atoms with Crippen LogP contribution in [0.25, 0.3) is 0 Å². The SMILES string of the molecule is C[C@@H](NC(=O)/C=C/C1CC1)C(=O)O. The topological polar surface area (TPSA) is 66.4 Å². The highest BCUT2D eigenvalue weighted by Gasteiger charge is 2.18. The van der Waals surface area contributed by atoms with Gasteiger partial charge in [0.15, 0.2) is 0 Å². The fourth-order valence-corrected chi connectivity index (χ4v) is 0.835. The van der Waals surface area contributed by atoms with Gasteiger partial charge >= 0.3 is 5.97 Å². The molecule has 2 N–H and O–H groups in total. The first-order valence-electron chi connectivity index (χ1n) is 4.31. The van der Waals surface area contributed by atoms with Crippen molar-refractivity contribution in [3.05, 3.63) is 12.2 Å². The number of carbonyl (C=O) groups excluding carboxylic acids is 1. The Morgan fingerprint density at radius 3 is 2.62 bits per heavy atom. The maximum absolute atomic E-state index is 11.0. The van der Waals surface area contributed by atoms with Gasteiger partial charge in [0.2, 0.25) is 5.91 Å². The van der Waals surface area contributed by atoms with Crippen LogP contribution >= 0.6 is 0 Å². The van der Waals surface area contributed by atoms with Crippen molar-refractivity contribution in [2.24, 2.45) is 5.92 Å². The number of carboxylic acid groups (broad SMARTS) is 1. The molecule has 1 atom stereocenters. The standard InChI is InChI=1S/C9H13NO3/c1-6(9(12)13)10-8(11)5-4-7-2-3-7/h4-7H,2-3H2,1H3,(H,10,11)(H,12,13)/b5-4+/t6-/m1/s1. The molecule has 1 rings (SSSR count). The smallest absolute Gasteiger partial charge is 0.325 e. The minimum absolute atomic E-state index is 0.332. The number of carbonyl (C=O) groups is 2. The third-order valence-electron chi connectivity index (χ3n) is 1.87. The van der Waals surface area contributed by atoms with E-state index in [1.54, 1.807) is 0 Å². The fourth-order valence-electron chi connectivity index (χ4n) is 0.835. The monoisotopic (exact) mass is 183 g/mol. The van der Waals surface area contributed by atoms with Gasteiger partial charge in [-0.1, -0.05) is 6.08 Å². The van der Waals surface area contributed by atoms with Crippen LogP contribution in [-0.2, 0) is 9.59 Å². The molecule has 0 bridgehead atoms. The van der Waals surface area contributed by atoms with Crippen LogP contribution in [0.2, 0.25) is 0 Å². The van der Waals surface area contributed by atoms with Crippen LogP contribution in [0.1, 0.15) is 19.8 Å². The van der Waals surface area contributed by atoms with Gasteiger partial charge in [0.25, 0.3) is 0 Å². The summed E-state index contributed by atoms with van der Waals surface area (Å²) in [5.74, 6) is -0.819. The van der Waals surface area contributed by atoms with Crippen LogP contribution in [0.15, 0.2) is 12.2 Å². The van der Waals surface area contributed by atoms with Crippen LogP contribution in [0.4, 0.5) is 0 Å². The molecule has 1 saturated carbocycles. The van der Waals surface area contributed by atoms with Gasteiger partial charge in [-0.05, 0) is 31.8 Å². The first-order chi connectivity index (χ1) is 6.09. The number of amides is 1. The predicted octanol–water partition coefficient (Wildman–Crippen LogP) is 0.542. The zero-order valence-corrected chi connectivity index (χ0v) is 7.49. The van der Waals surface area contributed by atoms with E-state index in [1.165, 1.54) is 13.0 Å². The third kappa shape index (κ3) is 3.73. The lowest BCUT2D eigenvalue weighted by Crippen LogP contribution is -2.37. The van der Waals surface area contributed by atoms with E-state index in [2.05, 4.69) is 5.32 Å². The highest BCUT2D eigenvalue weighted by Crippen LogP contribution is 2.29. The molecule has 13 heavy (non-hydrogen) atoms. The second-order valence-corrected chi connectivity index (χ2v) is 3.27. The number of hydrogen-bond acceptors (Lipinski definition) is 2. The lowest BCUT2D eigenvalue weighted by atomic mass is 10.3. The average molecular weight is 183 g/mol. The van der Waals surface area contributed by atoms with Gasteiger partial charge in [-0.25, -0.2) is 0 Å². The zero-order valence-electron chi connectivity index (χ0n) is 7.49. The molecule has 1 aliphatic carbocycles. The van der Waals surface area contributed by atoms with Crippen LogP contribution in [0, 0.1) is 5.92 Å². The number of rotatable bonds is 4. The Kier molecular flexibility index (Phi) is 3.06. The molecule has 0 heterocycles. The highest BCUT2D eigenvalue weighted by atomic mass is 16.4. The normalized spacial score (nSPS) is 18.5. The minimum Gasteiger partial charge on any atom is -0.480 e. The molecule has 0 radical (unpaired) electrons. The second kappa shape index (κ2) is 4.07. The fraction of sp³-hybridized carbons (Fsp3) is 0.556. The van der Waals surface area contributed by atoms with Gasteiger partial charge in [0.05, 0.1) is 0 Å². The first-order valence-corrected chi connectivity index (χ1v) is 4.31. The van der Waals surface area contributed by atoms with Gasteiger partial charge in [-0.15, -0.1) is 0 Å². The summed E-state index contributed by atoms with van der Waals surface area (Å²) >= 11 is 0. The lowest BCUT2D eigenvalue weighted by molar-refractivity contribution is -0.140. The largest absolute Gasteiger partial charge is 0.480 e. The van der Waals surface area contributed by atoms with Gasteiger partial charge in [0, 0.05) is 0 Å². The van der Waals surface area contributed by atoms with Crippen LogP contribution < -0.4 is 5.32 Å². The summed E-state index contributed by atoms with van der Waals surface area (Å²) in [7, 11) is 0. The molecule has 1 fully saturated rings. The van der Waals surface area contributed by atoms with Crippen molar-refractivity contribution in [2.75, 3.05) is 0 Å². The Labute approximate surface area is 76.6 Å². The summed E-state index contributed by atoms with van der Waals surface area (Å²) in [4.78, 5) is 21.4. The van der Waals surface area contributed by atoms with E-state index in [4.69, 9.17) is 5.11 Å². The maximum atomic E-state index is 11.0. The van der Waals surface area contributed by atoms with Gasteiger partial charge < -0.3 is 10.4 Å². The number of aliphatic carboxylic acids is 1.